The molecule has 2 aromatic rings. The Bertz CT molecular complexity index is 840. The van der Waals surface area contributed by atoms with E-state index in [9.17, 15) is 9.18 Å². The SMILES string of the molecule is CN(C)C(=O)c1cccnc1NCCCN1CCN(c2ccc(F)cc2Br)CC1. The maximum absolute atomic E-state index is 13.3. The molecule has 1 aliphatic rings. The van der Waals surface area contributed by atoms with Gasteiger partial charge in [0, 0.05) is 57.5 Å². The van der Waals surface area contributed by atoms with Gasteiger partial charge in [-0.25, -0.2) is 9.37 Å². The molecule has 1 aromatic heterocycles. The average Bonchev–Trinajstić information content (AvgIpc) is 2.71. The number of nitrogens with zero attached hydrogens (tertiary/aromatic N) is 4. The molecule has 1 saturated heterocycles. The number of carbonyl (C=O) groups excluding carboxylic acids is 1. The van der Waals surface area contributed by atoms with Crippen LogP contribution >= 0.6 is 15.9 Å². The summed E-state index contributed by atoms with van der Waals surface area (Å²) >= 11 is 3.46. The Labute approximate surface area is 179 Å². The van der Waals surface area contributed by atoms with Gasteiger partial charge < -0.3 is 15.1 Å². The second-order valence-corrected chi connectivity index (χ2v) is 8.16. The van der Waals surface area contributed by atoms with E-state index in [2.05, 4.69) is 36.0 Å². The molecule has 1 fully saturated rings. The number of carbonyl (C=O) groups is 1. The minimum absolute atomic E-state index is 0.0522. The van der Waals surface area contributed by atoms with E-state index in [4.69, 9.17) is 0 Å². The predicted molar refractivity (Wildman–Crippen MR) is 118 cm³/mol. The van der Waals surface area contributed by atoms with Crippen molar-refractivity contribution in [2.75, 3.05) is 63.6 Å². The molecule has 29 heavy (non-hydrogen) atoms. The standard InChI is InChI=1S/C21H27BrFN5O/c1-26(2)21(29)17-5-3-8-24-20(17)25-9-4-10-27-11-13-28(14-12-27)19-7-6-16(23)15-18(19)22/h3,5-8,15H,4,9-14H2,1-2H3,(H,24,25). The van der Waals surface area contributed by atoms with Crippen LogP contribution < -0.4 is 10.2 Å². The highest BCUT2D eigenvalue weighted by molar-refractivity contribution is 9.10. The van der Waals surface area contributed by atoms with Crippen molar-refractivity contribution in [1.82, 2.24) is 14.8 Å². The molecular formula is C21H27BrFN5O. The van der Waals surface area contributed by atoms with Crippen molar-refractivity contribution in [3.63, 3.8) is 0 Å². The summed E-state index contributed by atoms with van der Waals surface area (Å²) in [5.74, 6) is 0.357. The predicted octanol–water partition coefficient (Wildman–Crippen LogP) is 3.31. The van der Waals surface area contributed by atoms with Gasteiger partial charge in [0.05, 0.1) is 11.3 Å². The summed E-state index contributed by atoms with van der Waals surface area (Å²) in [4.78, 5) is 22.8. The maximum Gasteiger partial charge on any atom is 0.257 e. The number of hydrogen-bond acceptors (Lipinski definition) is 5. The summed E-state index contributed by atoms with van der Waals surface area (Å²) < 4.78 is 14.1. The van der Waals surface area contributed by atoms with Crippen LogP contribution in [0.1, 0.15) is 16.8 Å². The summed E-state index contributed by atoms with van der Waals surface area (Å²) in [6, 6.07) is 8.43. The lowest BCUT2D eigenvalue weighted by molar-refractivity contribution is 0.0828. The van der Waals surface area contributed by atoms with Crippen LogP contribution in [0.4, 0.5) is 15.9 Å². The molecular weight excluding hydrogens is 437 g/mol. The Morgan fingerprint density at radius 1 is 1.24 bits per heavy atom. The molecule has 156 valence electrons. The monoisotopic (exact) mass is 463 g/mol. The van der Waals surface area contributed by atoms with Crippen LogP contribution in [-0.2, 0) is 0 Å². The molecule has 3 rings (SSSR count). The fraction of sp³-hybridized carbons (Fsp3) is 0.429. The van der Waals surface area contributed by atoms with E-state index in [0.29, 0.717) is 11.4 Å². The second kappa shape index (κ2) is 10.0. The Hall–Kier alpha value is -2.19. The van der Waals surface area contributed by atoms with Crippen LogP contribution in [0, 0.1) is 5.82 Å². The molecule has 8 heteroatoms. The normalized spacial score (nSPS) is 14.7. The third-order valence-corrected chi connectivity index (χ3v) is 5.65. The second-order valence-electron chi connectivity index (χ2n) is 7.30. The molecule has 0 aliphatic carbocycles. The van der Waals surface area contributed by atoms with E-state index in [-0.39, 0.29) is 11.7 Å². The molecule has 1 amide bonds. The molecule has 1 N–H and O–H groups in total. The van der Waals surface area contributed by atoms with E-state index in [1.165, 1.54) is 12.1 Å². The maximum atomic E-state index is 13.3. The zero-order chi connectivity index (χ0) is 20.8. The van der Waals surface area contributed by atoms with Gasteiger partial charge in [0.15, 0.2) is 0 Å². The summed E-state index contributed by atoms with van der Waals surface area (Å²) in [7, 11) is 3.48. The highest BCUT2D eigenvalue weighted by Gasteiger charge is 2.19. The van der Waals surface area contributed by atoms with Crippen molar-refractivity contribution in [3.8, 4) is 0 Å². The Kier molecular flexibility index (Phi) is 7.44. The van der Waals surface area contributed by atoms with Gasteiger partial charge in [-0.15, -0.1) is 0 Å². The minimum Gasteiger partial charge on any atom is -0.369 e. The van der Waals surface area contributed by atoms with Gasteiger partial charge in [-0.3, -0.25) is 9.69 Å². The number of halogens is 2. The molecule has 1 aromatic carbocycles. The van der Waals surface area contributed by atoms with Gasteiger partial charge in [-0.1, -0.05) is 0 Å². The third kappa shape index (κ3) is 5.67. The molecule has 0 saturated carbocycles. The number of aromatic nitrogens is 1. The summed E-state index contributed by atoms with van der Waals surface area (Å²) in [6.07, 6.45) is 2.66. The van der Waals surface area contributed by atoms with Crippen LogP contribution in [0.5, 0.6) is 0 Å². The highest BCUT2D eigenvalue weighted by Crippen LogP contribution is 2.27. The van der Waals surface area contributed by atoms with E-state index in [0.717, 1.165) is 55.8 Å². The van der Waals surface area contributed by atoms with Gasteiger partial charge in [0.1, 0.15) is 11.6 Å². The topological polar surface area (TPSA) is 51.7 Å². The first-order chi connectivity index (χ1) is 14.0. The van der Waals surface area contributed by atoms with Crippen molar-refractivity contribution < 1.29 is 9.18 Å². The summed E-state index contributed by atoms with van der Waals surface area (Å²) in [6.45, 7) is 5.51. The Morgan fingerprint density at radius 3 is 2.69 bits per heavy atom. The van der Waals surface area contributed by atoms with Crippen LogP contribution in [-0.4, -0.2) is 74.1 Å². The number of amides is 1. The number of pyridine rings is 1. The van der Waals surface area contributed by atoms with Gasteiger partial charge in [0.2, 0.25) is 0 Å². The fourth-order valence-electron chi connectivity index (χ4n) is 3.42. The van der Waals surface area contributed by atoms with E-state index in [1.807, 2.05) is 6.07 Å². The van der Waals surface area contributed by atoms with Crippen LogP contribution in [0.3, 0.4) is 0 Å². The van der Waals surface area contributed by atoms with Gasteiger partial charge in [0.25, 0.3) is 5.91 Å². The lowest BCUT2D eigenvalue weighted by atomic mass is 10.2. The minimum atomic E-state index is -0.227. The Balaban J connectivity index is 1.43. The lowest BCUT2D eigenvalue weighted by Gasteiger charge is -2.36. The number of anilines is 2. The molecule has 0 spiro atoms. The zero-order valence-electron chi connectivity index (χ0n) is 16.9. The molecule has 1 aliphatic heterocycles. The summed E-state index contributed by atoms with van der Waals surface area (Å²) in [5.41, 5.74) is 1.64. The largest absolute Gasteiger partial charge is 0.369 e. The summed E-state index contributed by atoms with van der Waals surface area (Å²) in [5, 5.41) is 3.30. The first-order valence-electron chi connectivity index (χ1n) is 9.78. The van der Waals surface area contributed by atoms with Crippen LogP contribution in [0.25, 0.3) is 0 Å². The van der Waals surface area contributed by atoms with Crippen LogP contribution in [0.2, 0.25) is 0 Å². The van der Waals surface area contributed by atoms with Gasteiger partial charge in [-0.05, 0) is 59.2 Å². The Morgan fingerprint density at radius 2 is 2.00 bits per heavy atom. The van der Waals surface area contributed by atoms with Crippen molar-refractivity contribution in [1.29, 1.82) is 0 Å². The first-order valence-corrected chi connectivity index (χ1v) is 10.6. The van der Waals surface area contributed by atoms with E-state index in [1.54, 1.807) is 37.3 Å². The number of rotatable bonds is 7. The number of nitrogens with one attached hydrogen (secondary N) is 1. The first kappa shape index (κ1) is 21.5. The molecule has 0 atom stereocenters. The van der Waals surface area contributed by atoms with E-state index < -0.39 is 0 Å². The number of benzene rings is 1. The van der Waals surface area contributed by atoms with E-state index >= 15 is 0 Å². The number of piperazine rings is 1. The highest BCUT2D eigenvalue weighted by atomic mass is 79.9. The smallest absolute Gasteiger partial charge is 0.257 e. The van der Waals surface area contributed by atoms with Crippen molar-refractivity contribution in [2.24, 2.45) is 0 Å². The van der Waals surface area contributed by atoms with Crippen molar-refractivity contribution >= 4 is 33.3 Å². The molecule has 0 bridgehead atoms. The van der Waals surface area contributed by atoms with Crippen molar-refractivity contribution in [3.05, 3.63) is 52.4 Å². The lowest BCUT2D eigenvalue weighted by Crippen LogP contribution is -2.47. The molecule has 0 radical (unpaired) electrons. The average molecular weight is 464 g/mol. The zero-order valence-corrected chi connectivity index (χ0v) is 18.5. The quantitative estimate of drug-likeness (QED) is 0.638. The van der Waals surface area contributed by atoms with Crippen LogP contribution in [0.15, 0.2) is 41.0 Å². The van der Waals surface area contributed by atoms with Gasteiger partial charge in [-0.2, -0.15) is 0 Å². The molecule has 2 heterocycles. The molecule has 0 unspecified atom stereocenters. The van der Waals surface area contributed by atoms with Crippen molar-refractivity contribution in [2.45, 2.75) is 6.42 Å². The fourth-order valence-corrected chi connectivity index (χ4v) is 4.02. The van der Waals surface area contributed by atoms with Gasteiger partial charge >= 0.3 is 0 Å². The third-order valence-electron chi connectivity index (χ3n) is 5.01. The number of hydrogen-bond donors (Lipinski definition) is 1. The molecule has 6 nitrogen and oxygen atoms in total.